The van der Waals surface area contributed by atoms with Gasteiger partial charge in [0.25, 0.3) is 0 Å². The van der Waals surface area contributed by atoms with Crippen molar-refractivity contribution in [1.29, 1.82) is 0 Å². The van der Waals surface area contributed by atoms with E-state index in [0.717, 1.165) is 23.6 Å². The Labute approximate surface area is 162 Å². The fourth-order valence-corrected chi connectivity index (χ4v) is 3.81. The maximum Gasteiger partial charge on any atom is 0.317 e. The molecule has 27 heavy (non-hydrogen) atoms. The van der Waals surface area contributed by atoms with Gasteiger partial charge in [-0.25, -0.2) is 9.78 Å². The molecule has 0 spiro atoms. The number of amides is 3. The number of nitrogens with one attached hydrogen (secondary N) is 1. The van der Waals surface area contributed by atoms with E-state index in [1.165, 1.54) is 4.88 Å². The van der Waals surface area contributed by atoms with Crippen LogP contribution >= 0.6 is 11.3 Å². The van der Waals surface area contributed by atoms with Crippen molar-refractivity contribution in [3.8, 4) is 5.75 Å². The number of carbonyl (C=O) groups excluding carboxylic acids is 2. The van der Waals surface area contributed by atoms with Crippen LogP contribution in [0.4, 0.5) is 10.5 Å². The number of ether oxygens (including phenoxy) is 1. The molecule has 3 rings (SSSR count). The molecule has 0 bridgehead atoms. The highest BCUT2D eigenvalue weighted by Crippen LogP contribution is 2.24. The lowest BCUT2D eigenvalue weighted by Gasteiger charge is -2.21. The number of rotatable bonds is 6. The number of aryl methyl sites for hydroxylation is 1. The van der Waals surface area contributed by atoms with E-state index in [9.17, 15) is 9.59 Å². The van der Waals surface area contributed by atoms with Gasteiger partial charge in [0.05, 0.1) is 24.4 Å². The highest BCUT2D eigenvalue weighted by Gasteiger charge is 2.32. The first-order chi connectivity index (χ1) is 13.0. The molecule has 2 heterocycles. The molecule has 1 fully saturated rings. The van der Waals surface area contributed by atoms with Crippen LogP contribution in [0.2, 0.25) is 0 Å². The molecule has 0 saturated carbocycles. The van der Waals surface area contributed by atoms with Crippen LogP contribution in [0.15, 0.2) is 29.8 Å². The Morgan fingerprint density at radius 2 is 2.15 bits per heavy atom. The van der Waals surface area contributed by atoms with Gasteiger partial charge >= 0.3 is 6.03 Å². The molecule has 1 aromatic carbocycles. The van der Waals surface area contributed by atoms with E-state index in [2.05, 4.69) is 10.3 Å². The van der Waals surface area contributed by atoms with Crippen molar-refractivity contribution < 1.29 is 14.3 Å². The number of benzene rings is 1. The average Bonchev–Trinajstić information content (AvgIpc) is 3.24. The van der Waals surface area contributed by atoms with Crippen LogP contribution in [-0.4, -0.2) is 55.1 Å². The second-order valence-corrected chi connectivity index (χ2v) is 7.52. The standard InChI is InChI=1S/C19H24N4O3S/c1-13-17(27-12-20-13)8-9-22(2)19(25)21-14-10-18(24)23(11-14)15-4-6-16(26-3)7-5-15/h4-7,12,14H,8-11H2,1-3H3,(H,21,25). The molecule has 0 aliphatic carbocycles. The molecule has 144 valence electrons. The van der Waals surface area contributed by atoms with Crippen LogP contribution in [-0.2, 0) is 11.2 Å². The molecule has 1 unspecified atom stereocenters. The summed E-state index contributed by atoms with van der Waals surface area (Å²) in [6.07, 6.45) is 1.08. The van der Waals surface area contributed by atoms with Crippen LogP contribution in [0, 0.1) is 6.92 Å². The van der Waals surface area contributed by atoms with Gasteiger partial charge in [-0.3, -0.25) is 4.79 Å². The molecule has 8 heteroatoms. The third-order valence-corrected chi connectivity index (χ3v) is 5.70. The number of thiazole rings is 1. The van der Waals surface area contributed by atoms with Crippen LogP contribution in [0.1, 0.15) is 17.0 Å². The smallest absolute Gasteiger partial charge is 0.317 e. The summed E-state index contributed by atoms with van der Waals surface area (Å²) in [5, 5.41) is 2.96. The molecular formula is C19H24N4O3S. The second-order valence-electron chi connectivity index (χ2n) is 6.59. The van der Waals surface area contributed by atoms with Crippen LogP contribution in [0.25, 0.3) is 0 Å². The predicted octanol–water partition coefficient (Wildman–Crippen LogP) is 2.45. The summed E-state index contributed by atoms with van der Waals surface area (Å²) in [4.78, 5) is 33.5. The highest BCUT2D eigenvalue weighted by molar-refractivity contribution is 7.09. The lowest BCUT2D eigenvalue weighted by atomic mass is 10.2. The maximum absolute atomic E-state index is 12.4. The fourth-order valence-electron chi connectivity index (χ4n) is 3.04. The van der Waals surface area contributed by atoms with E-state index in [1.807, 2.05) is 36.7 Å². The van der Waals surface area contributed by atoms with Crippen molar-refractivity contribution in [2.75, 3.05) is 32.1 Å². The van der Waals surface area contributed by atoms with E-state index in [-0.39, 0.29) is 18.0 Å². The van der Waals surface area contributed by atoms with Crippen molar-refractivity contribution in [2.24, 2.45) is 0 Å². The van der Waals surface area contributed by atoms with Gasteiger partial charge in [0.2, 0.25) is 5.91 Å². The van der Waals surface area contributed by atoms with Gasteiger partial charge in [-0.15, -0.1) is 11.3 Å². The first-order valence-corrected chi connectivity index (χ1v) is 9.71. The number of methoxy groups -OCH3 is 1. The first-order valence-electron chi connectivity index (χ1n) is 8.83. The lowest BCUT2D eigenvalue weighted by molar-refractivity contribution is -0.117. The number of urea groups is 1. The molecular weight excluding hydrogens is 364 g/mol. The zero-order chi connectivity index (χ0) is 19.4. The van der Waals surface area contributed by atoms with Crippen molar-refractivity contribution >= 4 is 29.0 Å². The minimum absolute atomic E-state index is 0.00778. The topological polar surface area (TPSA) is 74.8 Å². The Balaban J connectivity index is 1.52. The maximum atomic E-state index is 12.4. The van der Waals surface area contributed by atoms with Gasteiger partial charge in [0, 0.05) is 43.5 Å². The molecule has 1 aliphatic heterocycles. The van der Waals surface area contributed by atoms with E-state index >= 15 is 0 Å². The Kier molecular flexibility index (Phi) is 5.95. The van der Waals surface area contributed by atoms with Crippen LogP contribution in [0.5, 0.6) is 5.75 Å². The Hall–Kier alpha value is -2.61. The van der Waals surface area contributed by atoms with E-state index in [1.54, 1.807) is 35.3 Å². The average molecular weight is 388 g/mol. The number of hydrogen-bond donors (Lipinski definition) is 1. The van der Waals surface area contributed by atoms with Gasteiger partial charge in [-0.2, -0.15) is 0 Å². The molecule has 0 radical (unpaired) electrons. The highest BCUT2D eigenvalue weighted by atomic mass is 32.1. The summed E-state index contributed by atoms with van der Waals surface area (Å²) >= 11 is 1.61. The molecule has 3 amide bonds. The summed E-state index contributed by atoms with van der Waals surface area (Å²) in [5.41, 5.74) is 3.65. The first kappa shape index (κ1) is 19.2. The normalized spacial score (nSPS) is 16.5. The second kappa shape index (κ2) is 8.39. The van der Waals surface area contributed by atoms with Gasteiger partial charge in [0.15, 0.2) is 0 Å². The monoisotopic (exact) mass is 388 g/mol. The largest absolute Gasteiger partial charge is 0.497 e. The number of hydrogen-bond acceptors (Lipinski definition) is 5. The number of nitrogens with zero attached hydrogens (tertiary/aromatic N) is 3. The zero-order valence-electron chi connectivity index (χ0n) is 15.8. The Morgan fingerprint density at radius 1 is 1.41 bits per heavy atom. The predicted molar refractivity (Wildman–Crippen MR) is 105 cm³/mol. The van der Waals surface area contributed by atoms with Crippen molar-refractivity contribution in [1.82, 2.24) is 15.2 Å². The number of likely N-dealkylation sites (N-methyl/N-ethyl adjacent to an activating group) is 1. The van der Waals surface area contributed by atoms with E-state index < -0.39 is 0 Å². The number of carbonyl (C=O) groups is 2. The van der Waals surface area contributed by atoms with Crippen LogP contribution in [0.3, 0.4) is 0 Å². The third-order valence-electron chi connectivity index (χ3n) is 4.70. The fraction of sp³-hybridized carbons (Fsp3) is 0.421. The van der Waals surface area contributed by atoms with Crippen LogP contribution < -0.4 is 15.0 Å². The van der Waals surface area contributed by atoms with Gasteiger partial charge in [0.1, 0.15) is 5.75 Å². The lowest BCUT2D eigenvalue weighted by Crippen LogP contribution is -2.44. The molecule has 1 atom stereocenters. The molecule has 1 N–H and O–H groups in total. The zero-order valence-corrected chi connectivity index (χ0v) is 16.6. The summed E-state index contributed by atoms with van der Waals surface area (Å²) < 4.78 is 5.15. The minimum Gasteiger partial charge on any atom is -0.497 e. The third kappa shape index (κ3) is 4.57. The van der Waals surface area contributed by atoms with Gasteiger partial charge < -0.3 is 19.9 Å². The molecule has 1 aromatic heterocycles. The summed E-state index contributed by atoms with van der Waals surface area (Å²) in [6, 6.07) is 6.99. The van der Waals surface area contributed by atoms with Gasteiger partial charge in [-0.1, -0.05) is 0 Å². The molecule has 1 saturated heterocycles. The Morgan fingerprint density at radius 3 is 2.78 bits per heavy atom. The SMILES string of the molecule is COc1ccc(N2CC(NC(=O)N(C)CCc3scnc3C)CC2=O)cc1. The summed E-state index contributed by atoms with van der Waals surface area (Å²) in [6.45, 7) is 3.06. The van der Waals surface area contributed by atoms with E-state index in [4.69, 9.17) is 4.74 Å². The molecule has 2 aromatic rings. The summed E-state index contributed by atoms with van der Waals surface area (Å²) in [5.74, 6) is 0.751. The van der Waals surface area contributed by atoms with Crippen molar-refractivity contribution in [2.45, 2.75) is 25.8 Å². The van der Waals surface area contributed by atoms with Gasteiger partial charge in [-0.05, 0) is 31.2 Å². The van der Waals surface area contributed by atoms with Crippen molar-refractivity contribution in [3.05, 3.63) is 40.3 Å². The summed E-state index contributed by atoms with van der Waals surface area (Å²) in [7, 11) is 3.37. The van der Waals surface area contributed by atoms with E-state index in [0.29, 0.717) is 19.5 Å². The number of aromatic nitrogens is 1. The quantitative estimate of drug-likeness (QED) is 0.825. The molecule has 7 nitrogen and oxygen atoms in total. The molecule has 1 aliphatic rings. The van der Waals surface area contributed by atoms with Crippen molar-refractivity contribution in [3.63, 3.8) is 0 Å². The Bertz CT molecular complexity index is 806. The minimum atomic E-state index is -0.195. The number of anilines is 1.